The Morgan fingerprint density at radius 3 is 2.68 bits per heavy atom. The third kappa shape index (κ3) is 3.22. The highest BCUT2D eigenvalue weighted by atomic mass is 32.1. The van der Waals surface area contributed by atoms with E-state index in [-0.39, 0.29) is 17.9 Å². The van der Waals surface area contributed by atoms with Crippen LogP contribution in [0.3, 0.4) is 0 Å². The van der Waals surface area contributed by atoms with Crippen LogP contribution in [0.5, 0.6) is 5.75 Å². The lowest BCUT2D eigenvalue weighted by molar-refractivity contribution is -0.130. The Morgan fingerprint density at radius 1 is 1.18 bits per heavy atom. The summed E-state index contributed by atoms with van der Waals surface area (Å²) in [5.41, 5.74) is 1.53. The molecule has 1 N–H and O–H groups in total. The molecule has 0 unspecified atom stereocenters. The molecule has 2 aromatic carbocycles. The van der Waals surface area contributed by atoms with E-state index in [1.54, 1.807) is 37.3 Å². The van der Waals surface area contributed by atoms with Gasteiger partial charge < -0.3 is 10.1 Å². The molecule has 3 aromatic rings. The van der Waals surface area contributed by atoms with Crippen LogP contribution in [0.2, 0.25) is 0 Å². The van der Waals surface area contributed by atoms with Crippen LogP contribution in [0.15, 0.2) is 48.5 Å². The van der Waals surface area contributed by atoms with Gasteiger partial charge >= 0.3 is 0 Å². The number of hydrogen-bond acceptors (Lipinski definition) is 5. The van der Waals surface area contributed by atoms with Gasteiger partial charge in [-0.15, -0.1) is 11.3 Å². The fourth-order valence-electron chi connectivity index (χ4n) is 3.30. The maximum atomic E-state index is 12.9. The number of hydrogen-bond donors (Lipinski definition) is 1. The van der Waals surface area contributed by atoms with Gasteiger partial charge in [0.15, 0.2) is 6.10 Å². The van der Waals surface area contributed by atoms with Crippen molar-refractivity contribution < 1.29 is 14.3 Å². The van der Waals surface area contributed by atoms with Gasteiger partial charge in [0, 0.05) is 0 Å². The number of fused-ring (bicyclic) bond motifs is 2. The summed E-state index contributed by atoms with van der Waals surface area (Å²) in [5.74, 6) is 0.145. The molecule has 4 rings (SSSR count). The number of para-hydroxylation sites is 3. The zero-order valence-corrected chi connectivity index (χ0v) is 16.7. The van der Waals surface area contributed by atoms with Gasteiger partial charge in [0.2, 0.25) is 5.91 Å². The molecule has 0 fully saturated rings. The highest BCUT2D eigenvalue weighted by molar-refractivity contribution is 7.18. The fraction of sp³-hybridized carbons (Fsp3) is 0.286. The molecular weight excluding hydrogens is 374 g/mol. The smallest absolute Gasteiger partial charge is 0.268 e. The van der Waals surface area contributed by atoms with Crippen molar-refractivity contribution in [1.29, 1.82) is 0 Å². The summed E-state index contributed by atoms with van der Waals surface area (Å²) in [6, 6.07) is 14.2. The number of rotatable bonds is 4. The van der Waals surface area contributed by atoms with Crippen molar-refractivity contribution in [3.05, 3.63) is 53.5 Å². The summed E-state index contributed by atoms with van der Waals surface area (Å²) >= 11 is 1.56. The number of nitrogens with zero attached hydrogens (tertiary/aromatic N) is 2. The summed E-state index contributed by atoms with van der Waals surface area (Å²) in [6.45, 7) is 5.33. The van der Waals surface area contributed by atoms with Crippen LogP contribution in [-0.4, -0.2) is 28.9 Å². The van der Waals surface area contributed by atoms with E-state index in [0.717, 1.165) is 15.2 Å². The zero-order chi connectivity index (χ0) is 19.8. The third-order valence-electron chi connectivity index (χ3n) is 4.82. The molecule has 0 saturated heterocycles. The maximum Gasteiger partial charge on any atom is 0.268 e. The molecule has 0 radical (unpaired) electrons. The molecule has 7 heteroatoms. The average molecular weight is 395 g/mol. The highest BCUT2D eigenvalue weighted by Crippen LogP contribution is 2.35. The SMILES string of the molecule is C[C@@H]1Oc2ccccc2N([C@H](C)C(=O)N[C@H](C)c2nc3ccccc3s2)C1=O. The number of carbonyl (C=O) groups is 2. The first kappa shape index (κ1) is 18.4. The van der Waals surface area contributed by atoms with Gasteiger partial charge in [-0.1, -0.05) is 24.3 Å². The molecule has 28 heavy (non-hydrogen) atoms. The molecule has 0 aliphatic carbocycles. The Kier molecular flexibility index (Phi) is 4.77. The van der Waals surface area contributed by atoms with Gasteiger partial charge in [-0.05, 0) is 45.0 Å². The Bertz CT molecular complexity index is 1020. The van der Waals surface area contributed by atoms with E-state index in [1.165, 1.54) is 4.90 Å². The minimum atomic E-state index is -0.670. The predicted molar refractivity (Wildman–Crippen MR) is 110 cm³/mol. The molecule has 6 nitrogen and oxygen atoms in total. The zero-order valence-electron chi connectivity index (χ0n) is 15.9. The van der Waals surface area contributed by atoms with Crippen LogP contribution >= 0.6 is 11.3 Å². The molecule has 1 aliphatic rings. The number of ether oxygens (including phenoxy) is 1. The molecule has 1 aromatic heterocycles. The number of thiazole rings is 1. The molecule has 0 spiro atoms. The first-order valence-corrected chi connectivity index (χ1v) is 10.0. The molecule has 0 saturated carbocycles. The summed E-state index contributed by atoms with van der Waals surface area (Å²) in [7, 11) is 0. The molecule has 2 amide bonds. The maximum absolute atomic E-state index is 12.9. The Labute approximate surface area is 167 Å². The second-order valence-electron chi connectivity index (χ2n) is 6.86. The third-order valence-corrected chi connectivity index (χ3v) is 6.04. The van der Waals surface area contributed by atoms with Gasteiger partial charge in [-0.3, -0.25) is 14.5 Å². The van der Waals surface area contributed by atoms with Gasteiger partial charge in [0.25, 0.3) is 5.91 Å². The van der Waals surface area contributed by atoms with Gasteiger partial charge in [-0.2, -0.15) is 0 Å². The van der Waals surface area contributed by atoms with Crippen LogP contribution in [-0.2, 0) is 9.59 Å². The van der Waals surface area contributed by atoms with Crippen molar-refractivity contribution in [2.45, 2.75) is 39.0 Å². The number of benzene rings is 2. The van der Waals surface area contributed by atoms with Crippen LogP contribution in [0.1, 0.15) is 31.8 Å². The van der Waals surface area contributed by atoms with Crippen LogP contribution in [0, 0.1) is 0 Å². The van der Waals surface area contributed by atoms with Crippen LogP contribution < -0.4 is 15.0 Å². The summed E-state index contributed by atoms with van der Waals surface area (Å²) in [4.78, 5) is 31.8. The van der Waals surface area contributed by atoms with Gasteiger partial charge in [-0.25, -0.2) is 4.98 Å². The Balaban J connectivity index is 1.55. The highest BCUT2D eigenvalue weighted by Gasteiger charge is 2.37. The molecule has 1 aliphatic heterocycles. The second-order valence-corrected chi connectivity index (χ2v) is 7.92. The number of nitrogens with one attached hydrogen (secondary N) is 1. The lowest BCUT2D eigenvalue weighted by atomic mass is 10.1. The van der Waals surface area contributed by atoms with E-state index in [4.69, 9.17) is 4.74 Å². The fourth-order valence-corrected chi connectivity index (χ4v) is 4.27. The van der Waals surface area contributed by atoms with E-state index in [0.29, 0.717) is 11.4 Å². The molecule has 2 heterocycles. The van der Waals surface area contributed by atoms with E-state index >= 15 is 0 Å². The van der Waals surface area contributed by atoms with Crippen LogP contribution in [0.4, 0.5) is 5.69 Å². The molecule has 0 bridgehead atoms. The van der Waals surface area contributed by atoms with Gasteiger partial charge in [0.1, 0.15) is 16.8 Å². The largest absolute Gasteiger partial charge is 0.479 e. The quantitative estimate of drug-likeness (QED) is 0.732. The summed E-state index contributed by atoms with van der Waals surface area (Å²) in [6.07, 6.45) is -0.633. The topological polar surface area (TPSA) is 71.5 Å². The van der Waals surface area contributed by atoms with Crippen molar-refractivity contribution in [2.75, 3.05) is 4.90 Å². The number of anilines is 1. The first-order chi connectivity index (χ1) is 13.5. The summed E-state index contributed by atoms with van der Waals surface area (Å²) < 4.78 is 6.74. The normalized spacial score (nSPS) is 18.3. The lowest BCUT2D eigenvalue weighted by Crippen LogP contribution is -2.54. The molecular formula is C21H21N3O3S. The number of amides is 2. The first-order valence-electron chi connectivity index (χ1n) is 9.20. The van der Waals surface area contributed by atoms with Crippen molar-refractivity contribution in [2.24, 2.45) is 0 Å². The molecule has 3 atom stereocenters. The van der Waals surface area contributed by atoms with Crippen molar-refractivity contribution in [3.8, 4) is 5.75 Å². The second kappa shape index (κ2) is 7.24. The van der Waals surface area contributed by atoms with E-state index < -0.39 is 12.1 Å². The average Bonchev–Trinajstić information content (AvgIpc) is 3.13. The van der Waals surface area contributed by atoms with Gasteiger partial charge in [0.05, 0.1) is 21.9 Å². The lowest BCUT2D eigenvalue weighted by Gasteiger charge is -2.36. The minimum Gasteiger partial charge on any atom is -0.479 e. The minimum absolute atomic E-state index is 0.228. The van der Waals surface area contributed by atoms with Crippen molar-refractivity contribution in [1.82, 2.24) is 10.3 Å². The predicted octanol–water partition coefficient (Wildman–Crippen LogP) is 3.68. The van der Waals surface area contributed by atoms with Crippen molar-refractivity contribution >= 4 is 39.1 Å². The number of aromatic nitrogens is 1. The summed E-state index contributed by atoms with van der Waals surface area (Å²) in [5, 5.41) is 3.83. The Morgan fingerprint density at radius 2 is 1.89 bits per heavy atom. The van der Waals surface area contributed by atoms with Crippen LogP contribution in [0.25, 0.3) is 10.2 Å². The number of carbonyl (C=O) groups excluding carboxylic acids is 2. The standard InChI is InChI=1S/C21H21N3O3S/c1-12(20-23-15-8-4-7-11-18(15)28-20)22-19(25)13(2)24-16-9-5-6-10-17(16)27-14(3)21(24)26/h4-14H,1-3H3,(H,22,25)/t12-,13-,14+/m1/s1. The van der Waals surface area contributed by atoms with Crippen molar-refractivity contribution in [3.63, 3.8) is 0 Å². The molecule has 144 valence electrons. The van der Waals surface area contributed by atoms with E-state index in [9.17, 15) is 9.59 Å². The Hall–Kier alpha value is -2.93. The van der Waals surface area contributed by atoms with E-state index in [1.807, 2.05) is 43.3 Å². The van der Waals surface area contributed by atoms with E-state index in [2.05, 4.69) is 10.3 Å². The monoisotopic (exact) mass is 395 g/mol.